The van der Waals surface area contributed by atoms with Crippen molar-refractivity contribution in [3.8, 4) is 0 Å². The topological polar surface area (TPSA) is 96.1 Å². The highest BCUT2D eigenvalue weighted by Gasteiger charge is 2.17. The molecule has 0 fully saturated rings. The summed E-state index contributed by atoms with van der Waals surface area (Å²) in [6, 6.07) is 1.48. The van der Waals surface area contributed by atoms with Crippen LogP contribution in [0, 0.1) is 0 Å². The molecule has 0 saturated heterocycles. The first-order chi connectivity index (χ1) is 8.81. The Bertz CT molecular complexity index is 802. The third-order valence-electron chi connectivity index (χ3n) is 2.54. The number of aryl methyl sites for hydroxylation is 1. The van der Waals surface area contributed by atoms with Crippen molar-refractivity contribution in [2.45, 2.75) is 13.3 Å². The minimum absolute atomic E-state index is 0.165. The van der Waals surface area contributed by atoms with Gasteiger partial charge in [0.2, 0.25) is 15.6 Å². The van der Waals surface area contributed by atoms with E-state index >= 15 is 0 Å². The van der Waals surface area contributed by atoms with Gasteiger partial charge in [0.1, 0.15) is 0 Å². The standard InChI is InChI=1S/C11H12N2O4S2/c1-3-6-4-8(14)12-9-7(5-18-10(6)9)11(15)13-19(2,16)17/h4-5H,3H2,1-2H3,(H,12,14)(H,13,15). The molecule has 2 heterocycles. The van der Waals surface area contributed by atoms with Crippen LogP contribution in [0.1, 0.15) is 22.8 Å². The number of H-pyrrole nitrogens is 1. The Morgan fingerprint density at radius 1 is 1.47 bits per heavy atom. The first kappa shape index (κ1) is 13.8. The number of pyridine rings is 1. The molecular formula is C11H12N2O4S2. The van der Waals surface area contributed by atoms with Gasteiger partial charge in [-0.2, -0.15) is 0 Å². The highest BCUT2D eigenvalue weighted by atomic mass is 32.2. The maximum atomic E-state index is 11.8. The fourth-order valence-electron chi connectivity index (χ4n) is 1.75. The number of carbonyl (C=O) groups is 1. The highest BCUT2D eigenvalue weighted by molar-refractivity contribution is 7.89. The summed E-state index contributed by atoms with van der Waals surface area (Å²) in [7, 11) is -3.63. The van der Waals surface area contributed by atoms with Gasteiger partial charge in [0, 0.05) is 11.4 Å². The molecule has 6 nitrogen and oxygen atoms in total. The second kappa shape index (κ2) is 4.78. The van der Waals surface area contributed by atoms with Gasteiger partial charge in [0.15, 0.2) is 0 Å². The molecule has 0 aromatic carbocycles. The Hall–Kier alpha value is -1.67. The molecule has 2 aromatic rings. The lowest BCUT2D eigenvalue weighted by molar-refractivity contribution is 0.0983. The zero-order valence-electron chi connectivity index (χ0n) is 10.3. The molecule has 1 amide bonds. The third kappa shape index (κ3) is 2.85. The Kier molecular flexibility index (Phi) is 3.46. The number of nitrogens with one attached hydrogen (secondary N) is 2. The number of fused-ring (bicyclic) bond motifs is 1. The van der Waals surface area contributed by atoms with Gasteiger partial charge in [0.05, 0.1) is 22.0 Å². The fourth-order valence-corrected chi connectivity index (χ4v) is 3.30. The summed E-state index contributed by atoms with van der Waals surface area (Å²) in [4.78, 5) is 25.9. The molecule has 8 heteroatoms. The Morgan fingerprint density at radius 2 is 2.16 bits per heavy atom. The number of amides is 1. The van der Waals surface area contributed by atoms with E-state index in [-0.39, 0.29) is 11.1 Å². The molecule has 19 heavy (non-hydrogen) atoms. The minimum Gasteiger partial charge on any atom is -0.321 e. The second-order valence-corrected chi connectivity index (χ2v) is 6.70. The molecule has 0 aliphatic rings. The van der Waals surface area contributed by atoms with Crippen LogP contribution in [0.25, 0.3) is 10.2 Å². The largest absolute Gasteiger partial charge is 0.321 e. The molecule has 2 aromatic heterocycles. The van der Waals surface area contributed by atoms with Gasteiger partial charge in [-0.05, 0) is 12.0 Å². The van der Waals surface area contributed by atoms with Gasteiger partial charge >= 0.3 is 0 Å². The first-order valence-electron chi connectivity index (χ1n) is 5.47. The number of thiophene rings is 1. The first-order valence-corrected chi connectivity index (χ1v) is 8.24. The number of rotatable bonds is 3. The smallest absolute Gasteiger partial charge is 0.267 e. The van der Waals surface area contributed by atoms with E-state index < -0.39 is 15.9 Å². The van der Waals surface area contributed by atoms with Crippen LogP contribution in [0.15, 0.2) is 16.2 Å². The van der Waals surface area contributed by atoms with Crippen molar-refractivity contribution in [1.29, 1.82) is 0 Å². The number of aromatic amines is 1. The predicted octanol–water partition coefficient (Wildman–Crippen LogP) is 0.841. The summed E-state index contributed by atoms with van der Waals surface area (Å²) in [6.07, 6.45) is 1.56. The zero-order chi connectivity index (χ0) is 14.2. The van der Waals surface area contributed by atoms with Crippen LogP contribution in [0.4, 0.5) is 0 Å². The lowest BCUT2D eigenvalue weighted by Crippen LogP contribution is -2.29. The molecule has 102 valence electrons. The van der Waals surface area contributed by atoms with Crippen molar-refractivity contribution in [1.82, 2.24) is 9.71 Å². The summed E-state index contributed by atoms with van der Waals surface area (Å²) in [5.74, 6) is -0.738. The van der Waals surface area contributed by atoms with Gasteiger partial charge in [-0.3, -0.25) is 9.59 Å². The summed E-state index contributed by atoms with van der Waals surface area (Å²) >= 11 is 1.30. The summed E-state index contributed by atoms with van der Waals surface area (Å²) < 4.78 is 24.8. The lowest BCUT2D eigenvalue weighted by Gasteiger charge is -2.02. The van der Waals surface area contributed by atoms with Gasteiger partial charge in [-0.1, -0.05) is 6.92 Å². The second-order valence-electron chi connectivity index (χ2n) is 4.07. The van der Waals surface area contributed by atoms with Crippen LogP contribution in [0.5, 0.6) is 0 Å². The van der Waals surface area contributed by atoms with Crippen molar-refractivity contribution >= 4 is 37.5 Å². The molecular weight excluding hydrogens is 288 g/mol. The van der Waals surface area contributed by atoms with Gasteiger partial charge < -0.3 is 4.98 Å². The van der Waals surface area contributed by atoms with E-state index in [0.717, 1.165) is 16.5 Å². The Labute approximate surface area is 113 Å². The monoisotopic (exact) mass is 300 g/mol. The minimum atomic E-state index is -3.63. The molecule has 2 N–H and O–H groups in total. The lowest BCUT2D eigenvalue weighted by atomic mass is 10.1. The quantitative estimate of drug-likeness (QED) is 0.878. The number of hydrogen-bond donors (Lipinski definition) is 2. The maximum Gasteiger partial charge on any atom is 0.267 e. The molecule has 0 aliphatic heterocycles. The molecule has 0 spiro atoms. The van der Waals surface area contributed by atoms with Crippen LogP contribution in [-0.2, 0) is 16.4 Å². The van der Waals surface area contributed by atoms with Crippen molar-refractivity contribution < 1.29 is 13.2 Å². The summed E-state index contributed by atoms with van der Waals surface area (Å²) in [5.41, 5.74) is 1.08. The van der Waals surface area contributed by atoms with Crippen molar-refractivity contribution in [3.63, 3.8) is 0 Å². The normalized spacial score (nSPS) is 11.7. The highest BCUT2D eigenvalue weighted by Crippen LogP contribution is 2.26. The Morgan fingerprint density at radius 3 is 2.74 bits per heavy atom. The average Bonchev–Trinajstić information content (AvgIpc) is 2.69. The zero-order valence-corrected chi connectivity index (χ0v) is 11.9. The number of aromatic nitrogens is 1. The SMILES string of the molecule is CCc1cc(=O)[nH]c2c(C(=O)NS(C)(=O)=O)csc12. The van der Waals surface area contributed by atoms with Crippen LogP contribution in [0.3, 0.4) is 0 Å². The number of carbonyl (C=O) groups excluding carboxylic acids is 1. The van der Waals surface area contributed by atoms with E-state index in [0.29, 0.717) is 11.9 Å². The summed E-state index contributed by atoms with van der Waals surface area (Å²) in [6.45, 7) is 1.91. The molecule has 0 radical (unpaired) electrons. The molecule has 0 bridgehead atoms. The van der Waals surface area contributed by atoms with Gasteiger partial charge in [-0.25, -0.2) is 13.1 Å². The van der Waals surface area contributed by atoms with E-state index in [4.69, 9.17) is 0 Å². The van der Waals surface area contributed by atoms with Crippen molar-refractivity contribution in [2.24, 2.45) is 0 Å². The molecule has 2 rings (SSSR count). The van der Waals surface area contributed by atoms with E-state index in [2.05, 4.69) is 4.98 Å². The van der Waals surface area contributed by atoms with Crippen LogP contribution in [-0.4, -0.2) is 25.6 Å². The van der Waals surface area contributed by atoms with Crippen LogP contribution >= 0.6 is 11.3 Å². The van der Waals surface area contributed by atoms with E-state index in [1.807, 2.05) is 11.6 Å². The fraction of sp³-hybridized carbons (Fsp3) is 0.273. The van der Waals surface area contributed by atoms with Gasteiger partial charge in [-0.15, -0.1) is 11.3 Å². The molecule has 0 atom stereocenters. The molecule has 0 unspecified atom stereocenters. The predicted molar refractivity (Wildman–Crippen MR) is 74.1 cm³/mol. The van der Waals surface area contributed by atoms with Crippen LogP contribution < -0.4 is 10.3 Å². The van der Waals surface area contributed by atoms with Gasteiger partial charge in [0.25, 0.3) is 5.91 Å². The Balaban J connectivity index is 2.60. The van der Waals surface area contributed by atoms with Crippen molar-refractivity contribution in [3.05, 3.63) is 32.9 Å². The number of hydrogen-bond acceptors (Lipinski definition) is 5. The van der Waals surface area contributed by atoms with Crippen LogP contribution in [0.2, 0.25) is 0 Å². The average molecular weight is 300 g/mol. The third-order valence-corrected chi connectivity index (χ3v) is 4.15. The van der Waals surface area contributed by atoms with Crippen molar-refractivity contribution in [2.75, 3.05) is 6.26 Å². The number of sulfonamides is 1. The molecule has 0 saturated carbocycles. The molecule has 0 aliphatic carbocycles. The maximum absolute atomic E-state index is 11.8. The summed E-state index contributed by atoms with van der Waals surface area (Å²) in [5, 5.41) is 1.54. The van der Waals surface area contributed by atoms with E-state index in [1.165, 1.54) is 17.4 Å². The van der Waals surface area contributed by atoms with E-state index in [9.17, 15) is 18.0 Å². The van der Waals surface area contributed by atoms with E-state index in [1.54, 1.807) is 5.38 Å².